The number of benzene rings is 1. The predicted octanol–water partition coefficient (Wildman–Crippen LogP) is 2.62. The van der Waals surface area contributed by atoms with Crippen LogP contribution in [0.4, 0.5) is 0 Å². The van der Waals surface area contributed by atoms with E-state index in [4.69, 9.17) is 17.0 Å². The maximum absolute atomic E-state index is 12.3. The molecule has 1 saturated heterocycles. The largest absolute Gasteiger partial charge is 0.465 e. The van der Waals surface area contributed by atoms with Crippen LogP contribution in [0.1, 0.15) is 33.8 Å². The topological polar surface area (TPSA) is 79.6 Å². The Labute approximate surface area is 179 Å². The molecule has 0 spiro atoms. The summed E-state index contributed by atoms with van der Waals surface area (Å²) in [5, 5.41) is 13.5. The van der Waals surface area contributed by atoms with E-state index in [2.05, 4.69) is 10.3 Å². The van der Waals surface area contributed by atoms with Gasteiger partial charge in [-0.25, -0.2) is 4.79 Å². The first-order valence-electron chi connectivity index (χ1n) is 9.59. The number of nitrogens with one attached hydrogen (secondary N) is 1. The van der Waals surface area contributed by atoms with E-state index >= 15 is 0 Å². The van der Waals surface area contributed by atoms with Gasteiger partial charge in [-0.2, -0.15) is 0 Å². The third-order valence-corrected chi connectivity index (χ3v) is 5.54. The van der Waals surface area contributed by atoms with Gasteiger partial charge in [-0.3, -0.25) is 4.98 Å². The molecule has 1 aliphatic heterocycles. The molecule has 154 valence electrons. The van der Waals surface area contributed by atoms with Crippen molar-refractivity contribution in [3.63, 3.8) is 0 Å². The number of rotatable bonds is 6. The number of ether oxygens (including phenoxy) is 1. The van der Waals surface area contributed by atoms with Crippen LogP contribution in [0.3, 0.4) is 0 Å². The number of para-hydroxylation sites is 1. The van der Waals surface area contributed by atoms with Gasteiger partial charge < -0.3 is 24.6 Å². The first-order chi connectivity index (χ1) is 14.7. The van der Waals surface area contributed by atoms with Gasteiger partial charge in [0, 0.05) is 24.6 Å². The molecule has 2 atom stereocenters. The van der Waals surface area contributed by atoms with E-state index in [1.54, 1.807) is 18.3 Å². The van der Waals surface area contributed by atoms with Crippen molar-refractivity contribution in [2.75, 3.05) is 20.3 Å². The molecule has 1 aliphatic rings. The minimum atomic E-state index is -0.404. The number of methoxy groups -OCH3 is 1. The van der Waals surface area contributed by atoms with Gasteiger partial charge in [0.1, 0.15) is 0 Å². The highest BCUT2D eigenvalue weighted by Gasteiger charge is 2.41. The Kier molecular flexibility index (Phi) is 5.78. The highest BCUT2D eigenvalue weighted by molar-refractivity contribution is 7.80. The maximum atomic E-state index is 12.3. The molecule has 0 amide bonds. The smallest absolute Gasteiger partial charge is 0.339 e. The minimum absolute atomic E-state index is 0.0350. The summed E-state index contributed by atoms with van der Waals surface area (Å²) in [6, 6.07) is 16.6. The van der Waals surface area contributed by atoms with E-state index in [0.717, 1.165) is 11.4 Å². The predicted molar refractivity (Wildman–Crippen MR) is 116 cm³/mol. The summed E-state index contributed by atoms with van der Waals surface area (Å²) >= 11 is 5.57. The summed E-state index contributed by atoms with van der Waals surface area (Å²) in [4.78, 5) is 18.8. The van der Waals surface area contributed by atoms with Crippen LogP contribution in [0.5, 0.6) is 0 Å². The SMILES string of the molecule is COC(=O)c1ccccc1-n1cccc1[C@@H]1[C@H](c2ccccn2)NC(=S)N1CCO. The van der Waals surface area contributed by atoms with Crippen molar-refractivity contribution in [1.29, 1.82) is 0 Å². The number of aromatic nitrogens is 2. The van der Waals surface area contributed by atoms with Crippen molar-refractivity contribution >= 4 is 23.3 Å². The fraction of sp³-hybridized carbons (Fsp3) is 0.227. The van der Waals surface area contributed by atoms with Gasteiger partial charge in [0.15, 0.2) is 5.11 Å². The summed E-state index contributed by atoms with van der Waals surface area (Å²) in [6.07, 6.45) is 3.66. The van der Waals surface area contributed by atoms with Crippen LogP contribution in [-0.2, 0) is 4.74 Å². The molecule has 0 unspecified atom stereocenters. The molecule has 4 rings (SSSR count). The first kappa shape index (κ1) is 20.1. The zero-order valence-electron chi connectivity index (χ0n) is 16.4. The number of thiocarbonyl (C=S) groups is 1. The van der Waals surface area contributed by atoms with Crippen LogP contribution in [-0.4, -0.2) is 50.9 Å². The zero-order valence-corrected chi connectivity index (χ0v) is 17.2. The van der Waals surface area contributed by atoms with Gasteiger partial charge in [0.2, 0.25) is 0 Å². The molecule has 0 saturated carbocycles. The average molecular weight is 423 g/mol. The quantitative estimate of drug-likeness (QED) is 0.467. The van der Waals surface area contributed by atoms with Crippen LogP contribution in [0, 0.1) is 0 Å². The molecule has 8 heteroatoms. The number of aliphatic hydroxyl groups is 1. The van der Waals surface area contributed by atoms with E-state index < -0.39 is 5.97 Å². The number of aliphatic hydroxyl groups excluding tert-OH is 1. The second-order valence-electron chi connectivity index (χ2n) is 6.86. The van der Waals surface area contributed by atoms with Crippen molar-refractivity contribution in [3.8, 4) is 5.69 Å². The van der Waals surface area contributed by atoms with Crippen LogP contribution >= 0.6 is 12.2 Å². The zero-order chi connectivity index (χ0) is 21.1. The molecule has 3 heterocycles. The third-order valence-electron chi connectivity index (χ3n) is 5.19. The van der Waals surface area contributed by atoms with Crippen LogP contribution in [0.2, 0.25) is 0 Å². The fourth-order valence-electron chi connectivity index (χ4n) is 3.90. The van der Waals surface area contributed by atoms with Gasteiger partial charge in [-0.05, 0) is 48.6 Å². The third kappa shape index (κ3) is 3.55. The number of hydrogen-bond donors (Lipinski definition) is 2. The average Bonchev–Trinajstić information content (AvgIpc) is 3.38. The lowest BCUT2D eigenvalue weighted by Gasteiger charge is -2.28. The molecule has 0 radical (unpaired) electrons. The molecule has 2 N–H and O–H groups in total. The number of β-amino-alcohol motifs (C(OH)–C–C–N with tert-alkyl or cyclic N) is 1. The van der Waals surface area contributed by atoms with Crippen LogP contribution in [0.15, 0.2) is 67.0 Å². The van der Waals surface area contributed by atoms with Crippen molar-refractivity contribution in [1.82, 2.24) is 19.8 Å². The lowest BCUT2D eigenvalue weighted by Crippen LogP contribution is -2.33. The Morgan fingerprint density at radius 3 is 2.73 bits per heavy atom. The van der Waals surface area contributed by atoms with Crippen LogP contribution < -0.4 is 5.32 Å². The van der Waals surface area contributed by atoms with E-state index in [9.17, 15) is 9.90 Å². The fourth-order valence-corrected chi connectivity index (χ4v) is 4.23. The van der Waals surface area contributed by atoms with E-state index in [0.29, 0.717) is 22.9 Å². The molecule has 7 nitrogen and oxygen atoms in total. The molecule has 0 aliphatic carbocycles. The Balaban J connectivity index is 1.84. The van der Waals surface area contributed by atoms with Gasteiger partial charge in [-0.1, -0.05) is 18.2 Å². The minimum Gasteiger partial charge on any atom is -0.465 e. The van der Waals surface area contributed by atoms with E-state index in [1.165, 1.54) is 7.11 Å². The molecule has 30 heavy (non-hydrogen) atoms. The maximum Gasteiger partial charge on any atom is 0.339 e. The molecular weight excluding hydrogens is 400 g/mol. The lowest BCUT2D eigenvalue weighted by molar-refractivity contribution is 0.0600. The molecule has 1 fully saturated rings. The summed E-state index contributed by atoms with van der Waals surface area (Å²) < 4.78 is 6.93. The monoisotopic (exact) mass is 422 g/mol. The Morgan fingerprint density at radius 1 is 1.20 bits per heavy atom. The van der Waals surface area contributed by atoms with Gasteiger partial charge >= 0.3 is 5.97 Å². The highest BCUT2D eigenvalue weighted by Crippen LogP contribution is 2.39. The van der Waals surface area contributed by atoms with E-state index in [-0.39, 0.29) is 18.7 Å². The molecule has 0 bridgehead atoms. The van der Waals surface area contributed by atoms with Gasteiger partial charge in [0.25, 0.3) is 0 Å². The van der Waals surface area contributed by atoms with Gasteiger partial charge in [-0.15, -0.1) is 0 Å². The van der Waals surface area contributed by atoms with Gasteiger partial charge in [0.05, 0.1) is 42.7 Å². The van der Waals surface area contributed by atoms with Crippen molar-refractivity contribution in [2.24, 2.45) is 0 Å². The van der Waals surface area contributed by atoms with Crippen molar-refractivity contribution < 1.29 is 14.6 Å². The highest BCUT2D eigenvalue weighted by atomic mass is 32.1. The van der Waals surface area contributed by atoms with E-state index in [1.807, 2.05) is 58.1 Å². The molecule has 1 aromatic carbocycles. The van der Waals surface area contributed by atoms with Crippen molar-refractivity contribution in [3.05, 3.63) is 83.9 Å². The summed E-state index contributed by atoms with van der Waals surface area (Å²) in [5.74, 6) is -0.404. The Hall–Kier alpha value is -3.23. The number of pyridine rings is 1. The summed E-state index contributed by atoms with van der Waals surface area (Å²) in [7, 11) is 1.37. The number of esters is 1. The second kappa shape index (κ2) is 8.64. The second-order valence-corrected chi connectivity index (χ2v) is 7.24. The summed E-state index contributed by atoms with van der Waals surface area (Å²) in [5.41, 5.74) is 2.95. The molecule has 3 aromatic rings. The number of nitrogens with zero attached hydrogens (tertiary/aromatic N) is 3. The standard InChI is InChI=1S/C22H22N4O3S/c1-29-21(28)15-7-2-3-9-17(15)25-12-6-10-18(25)20-19(16-8-4-5-11-23-16)24-22(30)26(20)13-14-27/h2-12,19-20,27H,13-14H2,1H3,(H,24,30)/t19-,20+/m0/s1. The first-order valence-corrected chi connectivity index (χ1v) is 10.0. The Morgan fingerprint density at radius 2 is 2.00 bits per heavy atom. The number of carbonyl (C=O) groups is 1. The Bertz CT molecular complexity index is 1050. The number of carbonyl (C=O) groups excluding carboxylic acids is 1. The molecular formula is C22H22N4O3S. The molecule has 2 aromatic heterocycles. The number of hydrogen-bond acceptors (Lipinski definition) is 5. The van der Waals surface area contributed by atoms with Crippen LogP contribution in [0.25, 0.3) is 5.69 Å². The lowest BCUT2D eigenvalue weighted by atomic mass is 10.0. The summed E-state index contributed by atoms with van der Waals surface area (Å²) in [6.45, 7) is 0.344. The van der Waals surface area contributed by atoms with Crippen molar-refractivity contribution in [2.45, 2.75) is 12.1 Å². The normalized spacial score (nSPS) is 18.3.